The molecule has 9 heteroatoms. The number of hydrazine groups is 1. The molecule has 4 N–H and O–H groups in total. The zero-order valence-corrected chi connectivity index (χ0v) is 14.0. The molecule has 21 heavy (non-hydrogen) atoms. The van der Waals surface area contributed by atoms with Crippen molar-refractivity contribution in [2.45, 2.75) is 44.7 Å². The van der Waals surface area contributed by atoms with Crippen molar-refractivity contribution < 1.29 is 8.42 Å². The summed E-state index contributed by atoms with van der Waals surface area (Å²) in [6.07, 6.45) is 3.47. The van der Waals surface area contributed by atoms with Gasteiger partial charge in [0.2, 0.25) is 5.03 Å². The summed E-state index contributed by atoms with van der Waals surface area (Å²) < 4.78 is 29.4. The van der Waals surface area contributed by atoms with Crippen LogP contribution in [0.3, 0.4) is 0 Å². The van der Waals surface area contributed by atoms with E-state index in [1.54, 1.807) is 11.6 Å². The Morgan fingerprint density at radius 1 is 1.48 bits per heavy atom. The van der Waals surface area contributed by atoms with Crippen molar-refractivity contribution in [1.29, 1.82) is 0 Å². The second-order valence-electron chi connectivity index (χ2n) is 5.24. The number of hydrogen-bond donors (Lipinski definition) is 3. The van der Waals surface area contributed by atoms with Crippen molar-refractivity contribution in [3.63, 3.8) is 0 Å². The molecule has 0 aliphatic carbocycles. The first-order valence-electron chi connectivity index (χ1n) is 6.83. The van der Waals surface area contributed by atoms with E-state index < -0.39 is 10.0 Å². The number of fused-ring (bicyclic) bond motifs is 1. The number of sulfonamides is 1. The first-order chi connectivity index (χ1) is 9.89. The predicted octanol–water partition coefficient (Wildman–Crippen LogP) is 1.78. The fourth-order valence-electron chi connectivity index (χ4n) is 2.25. The fraction of sp³-hybridized carbons (Fsp3) is 0.583. The molecule has 0 aromatic carbocycles. The van der Waals surface area contributed by atoms with E-state index >= 15 is 0 Å². The molecule has 118 valence electrons. The van der Waals surface area contributed by atoms with Gasteiger partial charge in [0.05, 0.1) is 0 Å². The topological polar surface area (TPSA) is 102 Å². The number of hydrogen-bond acceptors (Lipinski definition) is 6. The minimum Gasteiger partial charge on any atom is -0.306 e. The Balaban J connectivity index is 2.31. The number of anilines is 1. The number of thiazole rings is 1. The molecule has 0 fully saturated rings. The summed E-state index contributed by atoms with van der Waals surface area (Å²) in [5, 5.41) is 1.83. The Hall–Kier alpha value is -1.16. The van der Waals surface area contributed by atoms with Gasteiger partial charge in [-0.3, -0.25) is 4.40 Å². The van der Waals surface area contributed by atoms with Gasteiger partial charge in [-0.2, -0.15) is 4.98 Å². The highest BCUT2D eigenvalue weighted by molar-refractivity contribution is 7.89. The van der Waals surface area contributed by atoms with Crippen LogP contribution in [-0.4, -0.2) is 23.8 Å². The fourth-order valence-corrected chi connectivity index (χ4v) is 4.53. The largest absolute Gasteiger partial charge is 0.306 e. The van der Waals surface area contributed by atoms with Gasteiger partial charge in [-0.25, -0.2) is 19.0 Å². The van der Waals surface area contributed by atoms with Crippen molar-refractivity contribution in [2.24, 2.45) is 11.8 Å². The molecule has 2 atom stereocenters. The van der Waals surface area contributed by atoms with Crippen molar-refractivity contribution in [3.8, 4) is 0 Å². The van der Waals surface area contributed by atoms with Gasteiger partial charge in [0, 0.05) is 17.6 Å². The van der Waals surface area contributed by atoms with Gasteiger partial charge in [0.25, 0.3) is 10.0 Å². The number of nitrogen functional groups attached to an aromatic ring is 1. The van der Waals surface area contributed by atoms with E-state index in [0.29, 0.717) is 10.9 Å². The lowest BCUT2D eigenvalue weighted by Crippen LogP contribution is -2.35. The van der Waals surface area contributed by atoms with Crippen LogP contribution in [0.2, 0.25) is 0 Å². The molecular weight excluding hydrogens is 310 g/mol. The van der Waals surface area contributed by atoms with Crippen LogP contribution >= 0.6 is 11.3 Å². The second kappa shape index (κ2) is 6.30. The molecule has 2 unspecified atom stereocenters. The highest BCUT2D eigenvalue weighted by Crippen LogP contribution is 2.25. The summed E-state index contributed by atoms with van der Waals surface area (Å²) in [6.45, 7) is 6.06. The van der Waals surface area contributed by atoms with E-state index in [0.717, 1.165) is 12.8 Å². The number of rotatable bonds is 7. The second-order valence-corrected chi connectivity index (χ2v) is 7.74. The molecule has 2 heterocycles. The zero-order chi connectivity index (χ0) is 15.6. The molecule has 2 rings (SSSR count). The average Bonchev–Trinajstić information content (AvgIpc) is 2.96. The maximum Gasteiger partial charge on any atom is 0.260 e. The summed E-state index contributed by atoms with van der Waals surface area (Å²) in [4.78, 5) is 4.75. The minimum atomic E-state index is -3.69. The summed E-state index contributed by atoms with van der Waals surface area (Å²) in [5.41, 5.74) is 2.36. The molecule has 0 saturated heterocycles. The minimum absolute atomic E-state index is 0.0530. The number of aromatic nitrogens is 2. The monoisotopic (exact) mass is 331 g/mol. The van der Waals surface area contributed by atoms with E-state index in [4.69, 9.17) is 5.84 Å². The lowest BCUT2D eigenvalue weighted by atomic mass is 10.0. The Bertz CT molecular complexity index is 706. The van der Waals surface area contributed by atoms with Gasteiger partial charge in [-0.1, -0.05) is 20.3 Å². The number of nitrogens with two attached hydrogens (primary N) is 1. The van der Waals surface area contributed by atoms with Crippen molar-refractivity contribution in [1.82, 2.24) is 14.1 Å². The van der Waals surface area contributed by atoms with Gasteiger partial charge in [-0.05, 0) is 19.3 Å². The van der Waals surface area contributed by atoms with Gasteiger partial charge in [0.15, 0.2) is 10.8 Å². The molecule has 0 aliphatic heterocycles. The molecule has 0 radical (unpaired) electrons. The number of nitrogens with zero attached hydrogens (tertiary/aromatic N) is 2. The van der Waals surface area contributed by atoms with Crippen LogP contribution in [0.1, 0.15) is 33.6 Å². The Labute approximate surface area is 128 Å². The molecule has 0 amide bonds. The van der Waals surface area contributed by atoms with Crippen LogP contribution in [0.25, 0.3) is 4.96 Å². The van der Waals surface area contributed by atoms with Gasteiger partial charge in [0.1, 0.15) is 0 Å². The molecule has 0 aliphatic rings. The van der Waals surface area contributed by atoms with E-state index in [1.165, 1.54) is 15.7 Å². The highest BCUT2D eigenvalue weighted by atomic mass is 32.2. The van der Waals surface area contributed by atoms with Crippen LogP contribution in [0.15, 0.2) is 16.6 Å². The predicted molar refractivity (Wildman–Crippen MR) is 84.7 cm³/mol. The third-order valence-electron chi connectivity index (χ3n) is 3.42. The van der Waals surface area contributed by atoms with Gasteiger partial charge in [-0.15, -0.1) is 11.3 Å². The Morgan fingerprint density at radius 3 is 2.81 bits per heavy atom. The summed E-state index contributed by atoms with van der Waals surface area (Å²) in [7, 11) is -3.69. The maximum absolute atomic E-state index is 12.6. The van der Waals surface area contributed by atoms with Crippen molar-refractivity contribution in [2.75, 3.05) is 5.43 Å². The quantitative estimate of drug-likeness (QED) is 0.530. The van der Waals surface area contributed by atoms with Crippen LogP contribution in [0.4, 0.5) is 5.82 Å². The standard InChI is InChI=1S/C12H21N5O2S2/c1-4-8(2)7-9(3)16-21(18,19)11-10(15-13)14-12-17(11)5-6-20-12/h5-6,8-9,15-16H,4,7,13H2,1-3H3. The normalized spacial score (nSPS) is 15.2. The van der Waals surface area contributed by atoms with Crippen molar-refractivity contribution in [3.05, 3.63) is 11.6 Å². The first-order valence-corrected chi connectivity index (χ1v) is 9.19. The number of imidazole rings is 1. The van der Waals surface area contributed by atoms with Crippen LogP contribution in [-0.2, 0) is 10.0 Å². The van der Waals surface area contributed by atoms with E-state index in [-0.39, 0.29) is 16.9 Å². The first kappa shape index (κ1) is 16.2. The van der Waals surface area contributed by atoms with Crippen LogP contribution < -0.4 is 16.0 Å². The third kappa shape index (κ3) is 3.37. The van der Waals surface area contributed by atoms with Gasteiger partial charge >= 0.3 is 0 Å². The van der Waals surface area contributed by atoms with E-state index in [9.17, 15) is 8.42 Å². The van der Waals surface area contributed by atoms with Gasteiger partial charge < -0.3 is 5.43 Å². The Kier molecular flexibility index (Phi) is 4.87. The average molecular weight is 331 g/mol. The van der Waals surface area contributed by atoms with Crippen LogP contribution in [0.5, 0.6) is 0 Å². The Morgan fingerprint density at radius 2 is 2.19 bits per heavy atom. The summed E-state index contributed by atoms with van der Waals surface area (Å²) >= 11 is 1.35. The molecule has 7 nitrogen and oxygen atoms in total. The third-order valence-corrected chi connectivity index (χ3v) is 5.79. The zero-order valence-electron chi connectivity index (χ0n) is 12.3. The lowest BCUT2D eigenvalue weighted by Gasteiger charge is -2.17. The number of nitrogens with one attached hydrogen (secondary N) is 2. The molecule has 2 aromatic heterocycles. The van der Waals surface area contributed by atoms with E-state index in [2.05, 4.69) is 29.0 Å². The SMILES string of the molecule is CCC(C)CC(C)NS(=O)(=O)c1c(NN)nc2sccn12. The maximum atomic E-state index is 12.6. The highest BCUT2D eigenvalue weighted by Gasteiger charge is 2.27. The summed E-state index contributed by atoms with van der Waals surface area (Å²) in [5.74, 6) is 6.01. The smallest absolute Gasteiger partial charge is 0.260 e. The molecule has 0 spiro atoms. The molecular formula is C12H21N5O2S2. The van der Waals surface area contributed by atoms with Crippen LogP contribution in [0, 0.1) is 5.92 Å². The molecule has 2 aromatic rings. The molecule has 0 bridgehead atoms. The summed E-state index contributed by atoms with van der Waals surface area (Å²) in [6, 6.07) is -0.153. The van der Waals surface area contributed by atoms with E-state index in [1.807, 2.05) is 6.92 Å². The van der Waals surface area contributed by atoms with Crippen molar-refractivity contribution >= 4 is 32.1 Å². The lowest BCUT2D eigenvalue weighted by molar-refractivity contribution is 0.445. The molecule has 0 saturated carbocycles.